The minimum atomic E-state index is -1.03. The molecule has 2 heterocycles. The molecule has 0 aliphatic heterocycles. The molecule has 164 valence electrons. The van der Waals surface area contributed by atoms with E-state index in [1.165, 1.54) is 0 Å². The van der Waals surface area contributed by atoms with Crippen LogP contribution in [0.3, 0.4) is 0 Å². The lowest BCUT2D eigenvalue weighted by atomic mass is 10.1. The van der Waals surface area contributed by atoms with Crippen LogP contribution in [0.15, 0.2) is 24.3 Å². The van der Waals surface area contributed by atoms with Crippen molar-refractivity contribution in [1.82, 2.24) is 15.0 Å². The fourth-order valence-electron chi connectivity index (χ4n) is 3.57. The molecule has 0 amide bonds. The maximum absolute atomic E-state index is 11.9. The van der Waals surface area contributed by atoms with Crippen molar-refractivity contribution in [3.05, 3.63) is 41.2 Å². The lowest BCUT2D eigenvalue weighted by Crippen LogP contribution is -2.20. The van der Waals surface area contributed by atoms with E-state index in [9.17, 15) is 9.90 Å². The molecule has 0 bridgehead atoms. The molecule has 8 heteroatoms. The number of aromatic amines is 1. The molecule has 2 aromatic heterocycles. The van der Waals surface area contributed by atoms with Crippen molar-refractivity contribution in [2.45, 2.75) is 51.6 Å². The normalized spacial score (nSPS) is 14.7. The third-order valence-corrected chi connectivity index (χ3v) is 5.47. The second kappa shape index (κ2) is 9.03. The van der Waals surface area contributed by atoms with Gasteiger partial charge >= 0.3 is 5.97 Å². The number of nitrogens with zero attached hydrogens (tertiary/aromatic N) is 2. The molecule has 1 aliphatic rings. The molecule has 4 rings (SSSR count). The van der Waals surface area contributed by atoms with Gasteiger partial charge in [-0.15, -0.1) is 0 Å². The summed E-state index contributed by atoms with van der Waals surface area (Å²) < 4.78 is 5.61. The number of rotatable bonds is 10. The van der Waals surface area contributed by atoms with Gasteiger partial charge in [0.25, 0.3) is 0 Å². The molecule has 1 unspecified atom stereocenters. The van der Waals surface area contributed by atoms with Gasteiger partial charge in [0.1, 0.15) is 11.3 Å². The van der Waals surface area contributed by atoms with E-state index in [1.807, 2.05) is 25.1 Å². The summed E-state index contributed by atoms with van der Waals surface area (Å²) in [4.78, 5) is 24.6. The van der Waals surface area contributed by atoms with Crippen LogP contribution in [-0.4, -0.2) is 45.3 Å². The highest BCUT2D eigenvalue weighted by Gasteiger charge is 2.24. The van der Waals surface area contributed by atoms with Crippen LogP contribution in [0.5, 0.6) is 0 Å². The first-order valence-electron chi connectivity index (χ1n) is 10.8. The molecule has 1 aliphatic carbocycles. The molecule has 0 saturated heterocycles. The van der Waals surface area contributed by atoms with Crippen molar-refractivity contribution in [3.8, 4) is 11.3 Å². The number of unbranched alkanes of at least 4 members (excludes halogenated alkanes) is 1. The second-order valence-electron chi connectivity index (χ2n) is 8.10. The summed E-state index contributed by atoms with van der Waals surface area (Å²) in [5.41, 5.74) is 10.6. The van der Waals surface area contributed by atoms with Crippen molar-refractivity contribution < 1.29 is 14.6 Å². The highest BCUT2D eigenvalue weighted by Crippen LogP contribution is 2.32. The zero-order valence-corrected chi connectivity index (χ0v) is 17.9. The Labute approximate surface area is 181 Å². The maximum Gasteiger partial charge on any atom is 0.337 e. The van der Waals surface area contributed by atoms with Crippen molar-refractivity contribution in [1.29, 1.82) is 0 Å². The monoisotopic (exact) mass is 423 g/mol. The number of aromatic carboxylic acids is 1. The predicted molar refractivity (Wildman–Crippen MR) is 120 cm³/mol. The summed E-state index contributed by atoms with van der Waals surface area (Å²) >= 11 is 0. The molecule has 1 aromatic carbocycles. The number of fused-ring (bicyclic) bond motifs is 1. The Balaban J connectivity index is 1.70. The van der Waals surface area contributed by atoms with Gasteiger partial charge in [-0.2, -0.15) is 0 Å². The number of ether oxygens (including phenoxy) is 1. The van der Waals surface area contributed by atoms with E-state index in [4.69, 9.17) is 20.4 Å². The molecule has 8 nitrogen and oxygen atoms in total. The van der Waals surface area contributed by atoms with E-state index >= 15 is 0 Å². The number of H-pyrrole nitrogens is 1. The van der Waals surface area contributed by atoms with Crippen LogP contribution < -0.4 is 11.1 Å². The molecule has 5 N–H and O–H groups in total. The Morgan fingerprint density at radius 3 is 2.90 bits per heavy atom. The molecule has 1 atom stereocenters. The van der Waals surface area contributed by atoms with Gasteiger partial charge in [-0.05, 0) is 38.3 Å². The Hall–Kier alpha value is -2.97. The topological polar surface area (TPSA) is 126 Å². The number of anilines is 1. The molecular weight excluding hydrogens is 394 g/mol. The summed E-state index contributed by atoms with van der Waals surface area (Å²) in [6, 6.07) is 7.24. The van der Waals surface area contributed by atoms with E-state index in [0.717, 1.165) is 48.3 Å². The Bertz CT molecular complexity index is 1090. The number of hydrogen-bond acceptors (Lipinski definition) is 6. The number of nitrogens with two attached hydrogens (primary N) is 1. The first-order chi connectivity index (χ1) is 15.0. The SMILES string of the molecule is CCCCOCC(N)c1[nH]c(-c2cccc3nc(C)c(NC4CC4)nc23)cc1C(=O)O. The summed E-state index contributed by atoms with van der Waals surface area (Å²) in [5, 5.41) is 13.2. The number of nitrogens with one attached hydrogen (secondary N) is 2. The Morgan fingerprint density at radius 2 is 2.19 bits per heavy atom. The first-order valence-corrected chi connectivity index (χ1v) is 10.8. The minimum Gasteiger partial charge on any atom is -0.478 e. The standard InChI is InChI=1S/C23H29N5O3/c1-3-4-10-31-12-17(24)20-16(23(29)30)11-19(27-20)15-6-5-7-18-21(15)28-22(13(2)25-18)26-14-8-9-14/h5-7,11,14,17,27H,3-4,8-10,12,24H2,1-2H3,(H,26,28)(H,29,30). The van der Waals surface area contributed by atoms with Crippen LogP contribution >= 0.6 is 0 Å². The number of carbonyl (C=O) groups is 1. The number of aromatic nitrogens is 3. The average Bonchev–Trinajstić information content (AvgIpc) is 3.45. The lowest BCUT2D eigenvalue weighted by molar-refractivity contribution is 0.0693. The van der Waals surface area contributed by atoms with Crippen molar-refractivity contribution in [2.24, 2.45) is 5.73 Å². The smallest absolute Gasteiger partial charge is 0.337 e. The number of hydrogen-bond donors (Lipinski definition) is 4. The molecule has 0 radical (unpaired) electrons. The third kappa shape index (κ3) is 4.70. The molecule has 1 saturated carbocycles. The van der Waals surface area contributed by atoms with Crippen LogP contribution in [0.1, 0.15) is 60.4 Å². The molecule has 1 fully saturated rings. The van der Waals surface area contributed by atoms with E-state index < -0.39 is 12.0 Å². The number of carboxylic acids is 1. The van der Waals surface area contributed by atoms with Gasteiger partial charge in [-0.3, -0.25) is 0 Å². The highest BCUT2D eigenvalue weighted by molar-refractivity contribution is 5.95. The lowest BCUT2D eigenvalue weighted by Gasteiger charge is -2.12. The van der Waals surface area contributed by atoms with Crippen LogP contribution in [0.2, 0.25) is 0 Å². The summed E-state index contributed by atoms with van der Waals surface area (Å²) in [5.74, 6) is -0.256. The van der Waals surface area contributed by atoms with E-state index in [0.29, 0.717) is 29.6 Å². The van der Waals surface area contributed by atoms with Crippen molar-refractivity contribution in [3.63, 3.8) is 0 Å². The molecular formula is C23H29N5O3. The zero-order chi connectivity index (χ0) is 22.0. The van der Waals surface area contributed by atoms with Gasteiger partial charge in [0.2, 0.25) is 0 Å². The van der Waals surface area contributed by atoms with Gasteiger partial charge in [-0.25, -0.2) is 14.8 Å². The number of para-hydroxylation sites is 1. The highest BCUT2D eigenvalue weighted by atomic mass is 16.5. The molecule has 0 spiro atoms. The van der Waals surface area contributed by atoms with Gasteiger partial charge in [-0.1, -0.05) is 25.5 Å². The molecule has 31 heavy (non-hydrogen) atoms. The fourth-order valence-corrected chi connectivity index (χ4v) is 3.57. The molecule has 3 aromatic rings. The summed E-state index contributed by atoms with van der Waals surface area (Å²) in [6.07, 6.45) is 4.25. The van der Waals surface area contributed by atoms with Gasteiger partial charge < -0.3 is 25.9 Å². The maximum atomic E-state index is 11.9. The third-order valence-electron chi connectivity index (χ3n) is 5.47. The van der Waals surface area contributed by atoms with Crippen LogP contribution in [-0.2, 0) is 4.74 Å². The fraction of sp³-hybridized carbons (Fsp3) is 0.435. The average molecular weight is 424 g/mol. The quantitative estimate of drug-likeness (QED) is 0.363. The Morgan fingerprint density at radius 1 is 1.39 bits per heavy atom. The summed E-state index contributed by atoms with van der Waals surface area (Å²) in [6.45, 7) is 4.89. The van der Waals surface area contributed by atoms with Gasteiger partial charge in [0, 0.05) is 29.6 Å². The largest absolute Gasteiger partial charge is 0.478 e. The predicted octanol–water partition coefficient (Wildman–Crippen LogP) is 4.02. The van der Waals surface area contributed by atoms with Crippen LogP contribution in [0, 0.1) is 6.92 Å². The van der Waals surface area contributed by atoms with E-state index in [1.54, 1.807) is 6.07 Å². The van der Waals surface area contributed by atoms with Crippen LogP contribution in [0.25, 0.3) is 22.3 Å². The number of aryl methyl sites for hydroxylation is 1. The van der Waals surface area contributed by atoms with Gasteiger partial charge in [0.05, 0.1) is 29.4 Å². The van der Waals surface area contributed by atoms with Crippen molar-refractivity contribution >= 4 is 22.8 Å². The summed E-state index contributed by atoms with van der Waals surface area (Å²) in [7, 11) is 0. The number of carboxylic acid groups (broad SMARTS) is 1. The van der Waals surface area contributed by atoms with E-state index in [2.05, 4.69) is 17.2 Å². The number of benzene rings is 1. The zero-order valence-electron chi connectivity index (χ0n) is 17.9. The van der Waals surface area contributed by atoms with E-state index in [-0.39, 0.29) is 12.2 Å². The first kappa shape index (κ1) is 21.3. The second-order valence-corrected chi connectivity index (χ2v) is 8.10. The van der Waals surface area contributed by atoms with Crippen LogP contribution in [0.4, 0.5) is 5.82 Å². The minimum absolute atomic E-state index is 0.148. The van der Waals surface area contributed by atoms with Gasteiger partial charge in [0.15, 0.2) is 0 Å². The Kier molecular flexibility index (Phi) is 6.20. The van der Waals surface area contributed by atoms with Crippen molar-refractivity contribution in [2.75, 3.05) is 18.5 Å².